The standard InChI is InChI=1S/C15H32N2/c1-5-6-10-17(14-7-8-14)11-9-13(16)12-15(2,3)4/h13-14H,5-12,16H2,1-4H3. The van der Waals surface area contributed by atoms with Crippen molar-refractivity contribution in [2.45, 2.75) is 78.3 Å². The summed E-state index contributed by atoms with van der Waals surface area (Å²) in [5, 5.41) is 0. The molecule has 0 amide bonds. The summed E-state index contributed by atoms with van der Waals surface area (Å²) in [6.45, 7) is 11.6. The van der Waals surface area contributed by atoms with E-state index < -0.39 is 0 Å². The van der Waals surface area contributed by atoms with Gasteiger partial charge in [0, 0.05) is 12.1 Å². The van der Waals surface area contributed by atoms with E-state index in [1.807, 2.05) is 0 Å². The smallest absolute Gasteiger partial charge is 0.00964 e. The molecule has 17 heavy (non-hydrogen) atoms. The van der Waals surface area contributed by atoms with Crippen molar-refractivity contribution in [1.29, 1.82) is 0 Å². The summed E-state index contributed by atoms with van der Waals surface area (Å²) >= 11 is 0. The van der Waals surface area contributed by atoms with Crippen molar-refractivity contribution in [3.63, 3.8) is 0 Å². The molecule has 1 atom stereocenters. The second-order valence-electron chi connectivity index (χ2n) is 6.93. The van der Waals surface area contributed by atoms with Gasteiger partial charge in [-0.3, -0.25) is 0 Å². The van der Waals surface area contributed by atoms with Crippen LogP contribution in [0.2, 0.25) is 0 Å². The summed E-state index contributed by atoms with van der Waals surface area (Å²) in [4.78, 5) is 2.67. The first-order chi connectivity index (χ1) is 7.92. The lowest BCUT2D eigenvalue weighted by atomic mass is 9.87. The fraction of sp³-hybridized carbons (Fsp3) is 1.00. The highest BCUT2D eigenvalue weighted by atomic mass is 15.2. The Morgan fingerprint density at radius 1 is 1.24 bits per heavy atom. The molecule has 1 aliphatic rings. The average Bonchev–Trinajstić information content (AvgIpc) is 2.99. The minimum atomic E-state index is 0.368. The van der Waals surface area contributed by atoms with Gasteiger partial charge in [-0.1, -0.05) is 34.1 Å². The lowest BCUT2D eigenvalue weighted by Crippen LogP contribution is -2.34. The molecule has 1 aliphatic carbocycles. The summed E-state index contributed by atoms with van der Waals surface area (Å²) in [5.74, 6) is 0. The van der Waals surface area contributed by atoms with E-state index in [0.29, 0.717) is 11.5 Å². The fourth-order valence-electron chi connectivity index (χ4n) is 2.50. The molecule has 0 heterocycles. The molecule has 2 N–H and O–H groups in total. The average molecular weight is 240 g/mol. The molecule has 1 unspecified atom stereocenters. The van der Waals surface area contributed by atoms with Crippen molar-refractivity contribution in [3.8, 4) is 0 Å². The normalized spacial score (nSPS) is 18.7. The van der Waals surface area contributed by atoms with Crippen molar-refractivity contribution in [1.82, 2.24) is 4.90 Å². The molecule has 0 bridgehead atoms. The summed E-state index contributed by atoms with van der Waals surface area (Å²) in [6.07, 6.45) is 7.77. The number of unbranched alkanes of at least 4 members (excludes halogenated alkanes) is 1. The van der Waals surface area contributed by atoms with Crippen molar-refractivity contribution in [2.24, 2.45) is 11.1 Å². The van der Waals surface area contributed by atoms with Gasteiger partial charge in [0.2, 0.25) is 0 Å². The van der Waals surface area contributed by atoms with Gasteiger partial charge in [-0.25, -0.2) is 0 Å². The molecule has 0 saturated heterocycles. The van der Waals surface area contributed by atoms with Gasteiger partial charge in [0.1, 0.15) is 0 Å². The van der Waals surface area contributed by atoms with E-state index in [2.05, 4.69) is 32.6 Å². The van der Waals surface area contributed by atoms with Crippen molar-refractivity contribution in [2.75, 3.05) is 13.1 Å². The lowest BCUT2D eigenvalue weighted by Gasteiger charge is -2.27. The number of nitrogens with two attached hydrogens (primary N) is 1. The van der Waals surface area contributed by atoms with Crippen LogP contribution in [0.25, 0.3) is 0 Å². The predicted octanol–water partition coefficient (Wildman–Crippen LogP) is 3.40. The van der Waals surface area contributed by atoms with Crippen LogP contribution in [0.15, 0.2) is 0 Å². The molecule has 1 fully saturated rings. The number of hydrogen-bond donors (Lipinski definition) is 1. The van der Waals surface area contributed by atoms with E-state index in [1.54, 1.807) is 0 Å². The highest BCUT2D eigenvalue weighted by Gasteiger charge is 2.28. The minimum absolute atomic E-state index is 0.368. The van der Waals surface area contributed by atoms with Gasteiger partial charge in [0.25, 0.3) is 0 Å². The minimum Gasteiger partial charge on any atom is -0.328 e. The fourth-order valence-corrected chi connectivity index (χ4v) is 2.50. The molecule has 0 spiro atoms. The lowest BCUT2D eigenvalue weighted by molar-refractivity contribution is 0.235. The van der Waals surface area contributed by atoms with Gasteiger partial charge in [-0.05, 0) is 50.6 Å². The van der Waals surface area contributed by atoms with Crippen LogP contribution in [0.3, 0.4) is 0 Å². The SMILES string of the molecule is CCCCN(CCC(N)CC(C)(C)C)C1CC1. The van der Waals surface area contributed by atoms with Crippen molar-refractivity contribution < 1.29 is 0 Å². The van der Waals surface area contributed by atoms with Gasteiger partial charge in [-0.15, -0.1) is 0 Å². The Kier molecular flexibility index (Phi) is 5.94. The zero-order valence-electron chi connectivity index (χ0n) is 12.3. The summed E-state index contributed by atoms with van der Waals surface area (Å²) < 4.78 is 0. The molecule has 2 heteroatoms. The molecular formula is C15H32N2. The first-order valence-corrected chi connectivity index (χ1v) is 7.42. The highest BCUT2D eigenvalue weighted by Crippen LogP contribution is 2.28. The third-order valence-electron chi connectivity index (χ3n) is 3.52. The molecule has 102 valence electrons. The van der Waals surface area contributed by atoms with E-state index in [4.69, 9.17) is 5.73 Å². The topological polar surface area (TPSA) is 29.3 Å². The zero-order valence-corrected chi connectivity index (χ0v) is 12.3. The third kappa shape index (κ3) is 7.05. The van der Waals surface area contributed by atoms with Crippen LogP contribution in [0.1, 0.15) is 66.2 Å². The quantitative estimate of drug-likeness (QED) is 0.704. The Hall–Kier alpha value is -0.0800. The molecule has 0 aromatic heterocycles. The molecule has 2 nitrogen and oxygen atoms in total. The molecule has 1 saturated carbocycles. The Balaban J connectivity index is 2.21. The molecule has 1 rings (SSSR count). The van der Waals surface area contributed by atoms with Gasteiger partial charge in [0.15, 0.2) is 0 Å². The molecule has 0 aromatic rings. The van der Waals surface area contributed by atoms with E-state index in [9.17, 15) is 0 Å². The van der Waals surface area contributed by atoms with Gasteiger partial charge >= 0.3 is 0 Å². The largest absolute Gasteiger partial charge is 0.328 e. The molecule has 0 aromatic carbocycles. The highest BCUT2D eigenvalue weighted by molar-refractivity contribution is 4.85. The van der Waals surface area contributed by atoms with Gasteiger partial charge < -0.3 is 10.6 Å². The summed E-state index contributed by atoms with van der Waals surface area (Å²) in [6, 6.07) is 1.27. The summed E-state index contributed by atoms with van der Waals surface area (Å²) in [5.41, 5.74) is 6.60. The van der Waals surface area contributed by atoms with E-state index in [-0.39, 0.29) is 0 Å². The Morgan fingerprint density at radius 3 is 2.35 bits per heavy atom. The third-order valence-corrected chi connectivity index (χ3v) is 3.52. The first-order valence-electron chi connectivity index (χ1n) is 7.42. The zero-order chi connectivity index (χ0) is 12.9. The predicted molar refractivity (Wildman–Crippen MR) is 76.2 cm³/mol. The van der Waals surface area contributed by atoms with Crippen LogP contribution in [-0.4, -0.2) is 30.1 Å². The first kappa shape index (κ1) is 15.0. The van der Waals surface area contributed by atoms with Crippen LogP contribution >= 0.6 is 0 Å². The maximum atomic E-state index is 6.23. The molecule has 0 aliphatic heterocycles. The number of nitrogens with zero attached hydrogens (tertiary/aromatic N) is 1. The second-order valence-corrected chi connectivity index (χ2v) is 6.93. The Morgan fingerprint density at radius 2 is 1.88 bits per heavy atom. The Labute approximate surface area is 108 Å². The van der Waals surface area contributed by atoms with Gasteiger partial charge in [-0.2, -0.15) is 0 Å². The molecule has 0 radical (unpaired) electrons. The van der Waals surface area contributed by atoms with E-state index in [0.717, 1.165) is 18.9 Å². The van der Waals surface area contributed by atoms with Crippen molar-refractivity contribution >= 4 is 0 Å². The van der Waals surface area contributed by atoms with Crippen LogP contribution in [0.4, 0.5) is 0 Å². The van der Waals surface area contributed by atoms with E-state index >= 15 is 0 Å². The van der Waals surface area contributed by atoms with Gasteiger partial charge in [0.05, 0.1) is 0 Å². The van der Waals surface area contributed by atoms with Crippen LogP contribution in [0.5, 0.6) is 0 Å². The van der Waals surface area contributed by atoms with Crippen LogP contribution in [0, 0.1) is 5.41 Å². The van der Waals surface area contributed by atoms with Crippen LogP contribution < -0.4 is 5.73 Å². The van der Waals surface area contributed by atoms with E-state index in [1.165, 1.54) is 38.8 Å². The maximum absolute atomic E-state index is 6.23. The van der Waals surface area contributed by atoms with Crippen LogP contribution in [-0.2, 0) is 0 Å². The monoisotopic (exact) mass is 240 g/mol. The summed E-state index contributed by atoms with van der Waals surface area (Å²) in [7, 11) is 0. The number of rotatable bonds is 8. The number of hydrogen-bond acceptors (Lipinski definition) is 2. The maximum Gasteiger partial charge on any atom is 0.00964 e. The Bertz CT molecular complexity index is 203. The molecular weight excluding hydrogens is 208 g/mol. The van der Waals surface area contributed by atoms with Crippen molar-refractivity contribution in [3.05, 3.63) is 0 Å². The second kappa shape index (κ2) is 6.75.